The first-order valence-electron chi connectivity index (χ1n) is 9.03. The zero-order valence-electron chi connectivity index (χ0n) is 16.2. The number of hydrogen-bond donors (Lipinski definition) is 2. The molecule has 1 aliphatic rings. The minimum absolute atomic E-state index is 0.118. The van der Waals surface area contributed by atoms with Gasteiger partial charge in [0.25, 0.3) is 11.8 Å². The van der Waals surface area contributed by atoms with Crippen molar-refractivity contribution in [2.45, 2.75) is 24.6 Å². The Labute approximate surface area is 176 Å². The average Bonchev–Trinajstić information content (AvgIpc) is 3.36. The van der Waals surface area contributed by atoms with Crippen LogP contribution in [0.15, 0.2) is 46.1 Å². The number of carbonyl (C=O) groups is 2. The number of benzene rings is 1. The lowest BCUT2D eigenvalue weighted by Crippen LogP contribution is -2.41. The van der Waals surface area contributed by atoms with Gasteiger partial charge in [0.2, 0.25) is 6.79 Å². The number of rotatable bonds is 5. The van der Waals surface area contributed by atoms with Gasteiger partial charge in [-0.3, -0.25) is 20.4 Å². The molecule has 0 aliphatic carbocycles. The van der Waals surface area contributed by atoms with Crippen molar-refractivity contribution in [2.24, 2.45) is 0 Å². The normalized spacial score (nSPS) is 11.9. The maximum absolute atomic E-state index is 12.6. The number of pyridine rings is 1. The fourth-order valence-electron chi connectivity index (χ4n) is 2.82. The first-order valence-corrected chi connectivity index (χ1v) is 10.0. The third kappa shape index (κ3) is 4.08. The zero-order valence-corrected chi connectivity index (χ0v) is 17.0. The SMILES string of the molecule is Cc1noc(C)c1CSc1ncccc1C(=O)NNC(=O)c1ccc2c(c1)OCO2. The molecule has 0 bridgehead atoms. The highest BCUT2D eigenvalue weighted by molar-refractivity contribution is 7.98. The Bertz CT molecular complexity index is 1090. The van der Waals surface area contributed by atoms with Crippen LogP contribution in [0.3, 0.4) is 0 Å². The van der Waals surface area contributed by atoms with Gasteiger partial charge in [0, 0.05) is 23.1 Å². The number of nitrogens with one attached hydrogen (secondary N) is 2. The molecule has 1 aliphatic heterocycles. The largest absolute Gasteiger partial charge is 0.454 e. The fourth-order valence-corrected chi connectivity index (χ4v) is 3.96. The lowest BCUT2D eigenvalue weighted by Gasteiger charge is -2.10. The van der Waals surface area contributed by atoms with E-state index in [0.717, 1.165) is 17.0 Å². The first kappa shape index (κ1) is 19.8. The van der Waals surface area contributed by atoms with Crippen LogP contribution < -0.4 is 20.3 Å². The number of aryl methyl sites for hydroxylation is 2. The molecule has 154 valence electrons. The molecule has 0 fully saturated rings. The molecule has 0 radical (unpaired) electrons. The van der Waals surface area contributed by atoms with Crippen LogP contribution in [0.1, 0.15) is 37.7 Å². The number of thioether (sulfide) groups is 1. The molecule has 30 heavy (non-hydrogen) atoms. The van der Waals surface area contributed by atoms with Crippen molar-refractivity contribution in [1.82, 2.24) is 21.0 Å². The standard InChI is InChI=1S/C20H18N4O5S/c1-11-15(12(2)29-24-11)9-30-20-14(4-3-7-21-20)19(26)23-22-18(25)13-5-6-16-17(8-13)28-10-27-16/h3-8H,9-10H2,1-2H3,(H,22,25)(H,23,26). The summed E-state index contributed by atoms with van der Waals surface area (Å²) in [6, 6.07) is 8.09. The van der Waals surface area contributed by atoms with E-state index in [1.807, 2.05) is 13.8 Å². The Kier molecular flexibility index (Phi) is 5.57. The molecule has 2 amide bonds. The fraction of sp³-hybridized carbons (Fsp3) is 0.200. The quantitative estimate of drug-likeness (QED) is 0.473. The number of fused-ring (bicyclic) bond motifs is 1. The molecular formula is C20H18N4O5S. The van der Waals surface area contributed by atoms with Gasteiger partial charge in [0.15, 0.2) is 11.5 Å². The summed E-state index contributed by atoms with van der Waals surface area (Å²) in [6.45, 7) is 3.82. The van der Waals surface area contributed by atoms with E-state index in [-0.39, 0.29) is 6.79 Å². The predicted octanol–water partition coefficient (Wildman–Crippen LogP) is 2.78. The summed E-state index contributed by atoms with van der Waals surface area (Å²) >= 11 is 1.39. The summed E-state index contributed by atoms with van der Waals surface area (Å²) < 4.78 is 15.7. The predicted molar refractivity (Wildman–Crippen MR) is 107 cm³/mol. The van der Waals surface area contributed by atoms with Crippen LogP contribution in [-0.2, 0) is 5.75 Å². The van der Waals surface area contributed by atoms with Gasteiger partial charge in [-0.15, -0.1) is 11.8 Å². The summed E-state index contributed by atoms with van der Waals surface area (Å²) in [5.41, 5.74) is 7.28. The number of amides is 2. The molecule has 2 N–H and O–H groups in total. The van der Waals surface area contributed by atoms with E-state index in [1.165, 1.54) is 11.8 Å². The highest BCUT2D eigenvalue weighted by Gasteiger charge is 2.18. The Morgan fingerprint density at radius 3 is 2.70 bits per heavy atom. The van der Waals surface area contributed by atoms with Crippen LogP contribution in [-0.4, -0.2) is 28.7 Å². The molecule has 4 rings (SSSR count). The molecule has 3 heterocycles. The number of hydrogen-bond acceptors (Lipinski definition) is 8. The molecule has 1 aromatic carbocycles. The van der Waals surface area contributed by atoms with Crippen molar-refractivity contribution in [3.05, 3.63) is 64.7 Å². The summed E-state index contributed by atoms with van der Waals surface area (Å²) in [7, 11) is 0. The van der Waals surface area contributed by atoms with Crippen LogP contribution in [0.5, 0.6) is 11.5 Å². The summed E-state index contributed by atoms with van der Waals surface area (Å²) in [5.74, 6) is 1.40. The summed E-state index contributed by atoms with van der Waals surface area (Å²) in [6.07, 6.45) is 1.61. The van der Waals surface area contributed by atoms with Crippen molar-refractivity contribution in [3.63, 3.8) is 0 Å². The number of hydrazine groups is 1. The Hall–Kier alpha value is -3.53. The van der Waals surface area contributed by atoms with E-state index in [2.05, 4.69) is 21.0 Å². The van der Waals surface area contributed by atoms with Crippen molar-refractivity contribution in [1.29, 1.82) is 0 Å². The van der Waals surface area contributed by atoms with E-state index >= 15 is 0 Å². The molecule has 0 saturated heterocycles. The van der Waals surface area contributed by atoms with E-state index in [9.17, 15) is 9.59 Å². The smallest absolute Gasteiger partial charge is 0.272 e. The second kappa shape index (κ2) is 8.46. The minimum atomic E-state index is -0.476. The van der Waals surface area contributed by atoms with Gasteiger partial charge in [-0.05, 0) is 44.2 Å². The maximum Gasteiger partial charge on any atom is 0.272 e. The minimum Gasteiger partial charge on any atom is -0.454 e. The van der Waals surface area contributed by atoms with Crippen LogP contribution in [0, 0.1) is 13.8 Å². The Morgan fingerprint density at radius 1 is 1.10 bits per heavy atom. The molecule has 10 heteroatoms. The Morgan fingerprint density at radius 2 is 1.90 bits per heavy atom. The molecule has 0 unspecified atom stereocenters. The molecular weight excluding hydrogens is 408 g/mol. The van der Waals surface area contributed by atoms with E-state index in [4.69, 9.17) is 14.0 Å². The second-order valence-corrected chi connectivity index (χ2v) is 7.39. The van der Waals surface area contributed by atoms with Crippen molar-refractivity contribution < 1.29 is 23.6 Å². The number of aromatic nitrogens is 2. The number of nitrogens with zero attached hydrogens (tertiary/aromatic N) is 2. The molecule has 0 saturated carbocycles. The maximum atomic E-state index is 12.6. The van der Waals surface area contributed by atoms with Gasteiger partial charge in [0.05, 0.1) is 11.3 Å². The molecule has 0 spiro atoms. The first-order chi connectivity index (χ1) is 14.5. The van der Waals surface area contributed by atoms with Gasteiger partial charge in [-0.2, -0.15) is 0 Å². The topological polar surface area (TPSA) is 116 Å². The third-order valence-corrected chi connectivity index (χ3v) is 5.51. The monoisotopic (exact) mass is 426 g/mol. The lowest BCUT2D eigenvalue weighted by molar-refractivity contribution is 0.0844. The second-order valence-electron chi connectivity index (χ2n) is 6.42. The van der Waals surface area contributed by atoms with Crippen molar-refractivity contribution in [2.75, 3.05) is 6.79 Å². The van der Waals surface area contributed by atoms with Crippen LogP contribution in [0.2, 0.25) is 0 Å². The zero-order chi connectivity index (χ0) is 21.1. The summed E-state index contributed by atoms with van der Waals surface area (Å²) in [4.78, 5) is 29.3. The van der Waals surface area contributed by atoms with Gasteiger partial charge < -0.3 is 14.0 Å². The van der Waals surface area contributed by atoms with Gasteiger partial charge >= 0.3 is 0 Å². The number of carbonyl (C=O) groups excluding carboxylic acids is 2. The van der Waals surface area contributed by atoms with E-state index < -0.39 is 11.8 Å². The van der Waals surface area contributed by atoms with Gasteiger partial charge in [-0.25, -0.2) is 4.98 Å². The highest BCUT2D eigenvalue weighted by Crippen LogP contribution is 2.32. The molecule has 0 atom stereocenters. The van der Waals surface area contributed by atoms with Gasteiger partial charge in [-0.1, -0.05) is 5.16 Å². The molecule has 9 nitrogen and oxygen atoms in total. The highest BCUT2D eigenvalue weighted by atomic mass is 32.2. The van der Waals surface area contributed by atoms with Gasteiger partial charge in [0.1, 0.15) is 10.8 Å². The lowest BCUT2D eigenvalue weighted by atomic mass is 10.2. The average molecular weight is 426 g/mol. The van der Waals surface area contributed by atoms with Crippen LogP contribution in [0.25, 0.3) is 0 Å². The molecule has 2 aromatic heterocycles. The Balaban J connectivity index is 1.40. The van der Waals surface area contributed by atoms with Crippen LogP contribution in [0.4, 0.5) is 0 Å². The number of ether oxygens (including phenoxy) is 2. The van der Waals surface area contributed by atoms with E-state index in [1.54, 1.807) is 36.5 Å². The van der Waals surface area contributed by atoms with Crippen molar-refractivity contribution in [3.8, 4) is 11.5 Å². The van der Waals surface area contributed by atoms with Crippen molar-refractivity contribution >= 4 is 23.6 Å². The van der Waals surface area contributed by atoms with Crippen LogP contribution >= 0.6 is 11.8 Å². The molecule has 3 aromatic rings. The van der Waals surface area contributed by atoms with E-state index in [0.29, 0.717) is 33.4 Å². The summed E-state index contributed by atoms with van der Waals surface area (Å²) in [5, 5.41) is 4.47. The third-order valence-electron chi connectivity index (χ3n) is 4.47.